The van der Waals surface area contributed by atoms with Gasteiger partial charge in [-0.3, -0.25) is 19.1 Å². The number of carbonyl (C=O) groups excluding carboxylic acids is 1. The lowest BCUT2D eigenvalue weighted by atomic mass is 10.2. The summed E-state index contributed by atoms with van der Waals surface area (Å²) in [7, 11) is 0. The molecule has 0 aliphatic heterocycles. The van der Waals surface area contributed by atoms with Crippen molar-refractivity contribution in [2.75, 3.05) is 18.9 Å². The van der Waals surface area contributed by atoms with Gasteiger partial charge in [0.1, 0.15) is 16.2 Å². The van der Waals surface area contributed by atoms with Crippen LogP contribution in [0.3, 0.4) is 0 Å². The number of rotatable bonds is 11. The van der Waals surface area contributed by atoms with Crippen LogP contribution in [0.25, 0.3) is 11.0 Å². The summed E-state index contributed by atoms with van der Waals surface area (Å²) in [5, 5.41) is 3.64. The van der Waals surface area contributed by atoms with E-state index < -0.39 is 11.2 Å². The Kier molecular flexibility index (Phi) is 6.77. The summed E-state index contributed by atoms with van der Waals surface area (Å²) in [5.74, 6) is 0.906. The van der Waals surface area contributed by atoms with Crippen LogP contribution in [0.4, 0.5) is 0 Å². The van der Waals surface area contributed by atoms with E-state index in [-0.39, 0.29) is 23.6 Å². The Labute approximate surface area is 200 Å². The molecule has 3 aromatic rings. The molecule has 1 aromatic carbocycles. The molecule has 0 saturated heterocycles. The first kappa shape index (κ1) is 22.8. The Morgan fingerprint density at radius 3 is 2.68 bits per heavy atom. The van der Waals surface area contributed by atoms with Gasteiger partial charge in [-0.1, -0.05) is 42.1 Å². The second-order valence-electron chi connectivity index (χ2n) is 8.75. The lowest BCUT2D eigenvalue weighted by molar-refractivity contribution is -0.118. The van der Waals surface area contributed by atoms with E-state index in [1.165, 1.54) is 11.8 Å². The van der Waals surface area contributed by atoms with Crippen LogP contribution in [-0.4, -0.2) is 44.3 Å². The molecule has 178 valence electrons. The number of nitrogens with zero attached hydrogens (tertiary/aromatic N) is 3. The lowest BCUT2D eigenvalue weighted by Crippen LogP contribution is -2.31. The summed E-state index contributed by atoms with van der Waals surface area (Å²) >= 11 is 1.21. The SMILES string of the molecule is O=C(CSc1nc(C2CC2)nc2c1c(=O)[nH]c(=O)n2C1CC1)NCCCOCc1ccccc1. The molecular formula is C24H27N5O4S. The monoisotopic (exact) mass is 481 g/mol. The quantitative estimate of drug-likeness (QED) is 0.245. The largest absolute Gasteiger partial charge is 0.377 e. The summed E-state index contributed by atoms with van der Waals surface area (Å²) in [6.45, 7) is 1.61. The zero-order valence-electron chi connectivity index (χ0n) is 18.8. The Bertz CT molecular complexity index is 1300. The highest BCUT2D eigenvalue weighted by Crippen LogP contribution is 2.40. The molecule has 2 aliphatic rings. The Hall–Kier alpha value is -2.98. The van der Waals surface area contributed by atoms with Gasteiger partial charge in [0.25, 0.3) is 5.56 Å². The number of fused-ring (bicyclic) bond motifs is 1. The predicted octanol–water partition coefficient (Wildman–Crippen LogP) is 2.51. The van der Waals surface area contributed by atoms with Gasteiger partial charge in [-0.05, 0) is 37.7 Å². The van der Waals surface area contributed by atoms with Crippen LogP contribution in [0.15, 0.2) is 44.9 Å². The van der Waals surface area contributed by atoms with Crippen molar-refractivity contribution in [2.24, 2.45) is 0 Å². The third-order valence-electron chi connectivity index (χ3n) is 5.86. The van der Waals surface area contributed by atoms with Gasteiger partial charge >= 0.3 is 5.69 Å². The van der Waals surface area contributed by atoms with Crippen molar-refractivity contribution < 1.29 is 9.53 Å². The molecule has 0 bridgehead atoms. The molecule has 2 N–H and O–H groups in total. The number of aromatic nitrogens is 4. The summed E-state index contributed by atoms with van der Waals surface area (Å²) in [5.41, 5.74) is 0.584. The van der Waals surface area contributed by atoms with Gasteiger partial charge in [-0.25, -0.2) is 14.8 Å². The molecule has 2 saturated carbocycles. The third kappa shape index (κ3) is 5.39. The molecule has 34 heavy (non-hydrogen) atoms. The first-order valence-corrected chi connectivity index (χ1v) is 12.7. The third-order valence-corrected chi connectivity index (χ3v) is 6.84. The van der Waals surface area contributed by atoms with E-state index in [1.54, 1.807) is 4.57 Å². The number of amides is 1. The molecule has 2 heterocycles. The topological polar surface area (TPSA) is 119 Å². The molecule has 5 rings (SSSR count). The fourth-order valence-electron chi connectivity index (χ4n) is 3.79. The summed E-state index contributed by atoms with van der Waals surface area (Å²) in [6, 6.07) is 10.0. The number of benzene rings is 1. The van der Waals surface area contributed by atoms with Gasteiger partial charge in [-0.2, -0.15) is 0 Å². The number of aromatic amines is 1. The maximum Gasteiger partial charge on any atom is 0.330 e. The maximum absolute atomic E-state index is 12.7. The fraction of sp³-hybridized carbons (Fsp3) is 0.458. The number of ether oxygens (including phenoxy) is 1. The summed E-state index contributed by atoms with van der Waals surface area (Å²) in [4.78, 5) is 49.1. The van der Waals surface area contributed by atoms with E-state index in [4.69, 9.17) is 4.74 Å². The van der Waals surface area contributed by atoms with Crippen molar-refractivity contribution >= 4 is 28.7 Å². The van der Waals surface area contributed by atoms with Crippen LogP contribution in [0, 0.1) is 0 Å². The second kappa shape index (κ2) is 10.1. The molecule has 0 atom stereocenters. The predicted molar refractivity (Wildman–Crippen MR) is 129 cm³/mol. The van der Waals surface area contributed by atoms with E-state index in [0.29, 0.717) is 48.1 Å². The average Bonchev–Trinajstić information content (AvgIpc) is 3.74. The summed E-state index contributed by atoms with van der Waals surface area (Å²) < 4.78 is 7.23. The van der Waals surface area contributed by atoms with Crippen LogP contribution in [0.2, 0.25) is 0 Å². The Morgan fingerprint density at radius 2 is 1.94 bits per heavy atom. The fourth-order valence-corrected chi connectivity index (χ4v) is 4.64. The van der Waals surface area contributed by atoms with Crippen LogP contribution in [0.1, 0.15) is 55.5 Å². The van der Waals surface area contributed by atoms with Gasteiger partial charge in [0, 0.05) is 25.1 Å². The smallest absolute Gasteiger partial charge is 0.330 e. The van der Waals surface area contributed by atoms with E-state index >= 15 is 0 Å². The van der Waals surface area contributed by atoms with Crippen molar-refractivity contribution in [2.45, 2.75) is 55.7 Å². The molecule has 10 heteroatoms. The summed E-state index contributed by atoms with van der Waals surface area (Å²) in [6.07, 6.45) is 4.49. The number of H-pyrrole nitrogens is 1. The average molecular weight is 482 g/mol. The van der Waals surface area contributed by atoms with Gasteiger partial charge in [0.2, 0.25) is 5.91 Å². The second-order valence-corrected chi connectivity index (χ2v) is 9.71. The molecule has 9 nitrogen and oxygen atoms in total. The number of nitrogens with one attached hydrogen (secondary N) is 2. The first-order chi connectivity index (χ1) is 16.6. The minimum Gasteiger partial charge on any atom is -0.377 e. The standard InChI is InChI=1S/C24H27N5O4S/c30-18(25-11-4-12-33-13-15-5-2-1-3-6-15)14-34-23-19-21(26-20(27-23)16-7-8-16)29(17-9-10-17)24(32)28-22(19)31/h1-3,5-6,16-17H,4,7-14H2,(H,25,30)(H,28,31,32). The molecule has 2 fully saturated rings. The number of hydrogen-bond acceptors (Lipinski definition) is 7. The zero-order chi connectivity index (χ0) is 23.5. The lowest BCUT2D eigenvalue weighted by Gasteiger charge is -2.12. The zero-order valence-corrected chi connectivity index (χ0v) is 19.6. The van der Waals surface area contributed by atoms with E-state index in [0.717, 1.165) is 31.2 Å². The van der Waals surface area contributed by atoms with Gasteiger partial charge < -0.3 is 10.1 Å². The highest BCUT2D eigenvalue weighted by atomic mass is 32.2. The van der Waals surface area contributed by atoms with Gasteiger partial charge in [-0.15, -0.1) is 0 Å². The van der Waals surface area contributed by atoms with Gasteiger partial charge in [0.15, 0.2) is 5.65 Å². The maximum atomic E-state index is 12.7. The van der Waals surface area contributed by atoms with E-state index in [1.807, 2.05) is 30.3 Å². The van der Waals surface area contributed by atoms with Gasteiger partial charge in [0.05, 0.1) is 12.4 Å². The minimum absolute atomic E-state index is 0.0686. The highest BCUT2D eigenvalue weighted by Gasteiger charge is 2.32. The van der Waals surface area contributed by atoms with Crippen molar-refractivity contribution in [1.29, 1.82) is 0 Å². The number of thioether (sulfide) groups is 1. The van der Waals surface area contributed by atoms with Crippen molar-refractivity contribution in [1.82, 2.24) is 24.8 Å². The first-order valence-electron chi connectivity index (χ1n) is 11.7. The molecule has 2 aliphatic carbocycles. The number of carbonyl (C=O) groups is 1. The van der Waals surface area contributed by atoms with Crippen molar-refractivity contribution in [3.63, 3.8) is 0 Å². The molecule has 0 spiro atoms. The molecule has 2 aromatic heterocycles. The van der Waals surface area contributed by atoms with E-state index in [9.17, 15) is 14.4 Å². The molecular weight excluding hydrogens is 454 g/mol. The Morgan fingerprint density at radius 1 is 1.15 bits per heavy atom. The van der Waals surface area contributed by atoms with Crippen LogP contribution >= 0.6 is 11.8 Å². The minimum atomic E-state index is -0.502. The molecule has 1 amide bonds. The van der Waals surface area contributed by atoms with Crippen LogP contribution in [-0.2, 0) is 16.1 Å². The number of hydrogen-bond donors (Lipinski definition) is 2. The van der Waals surface area contributed by atoms with Crippen LogP contribution < -0.4 is 16.6 Å². The van der Waals surface area contributed by atoms with Crippen molar-refractivity contribution in [3.8, 4) is 0 Å². The molecule has 0 unspecified atom stereocenters. The van der Waals surface area contributed by atoms with E-state index in [2.05, 4.69) is 20.3 Å². The van der Waals surface area contributed by atoms with Crippen molar-refractivity contribution in [3.05, 3.63) is 62.6 Å². The molecule has 0 radical (unpaired) electrons. The highest BCUT2D eigenvalue weighted by molar-refractivity contribution is 8.00. The van der Waals surface area contributed by atoms with Crippen LogP contribution in [0.5, 0.6) is 0 Å². The Balaban J connectivity index is 1.20. The normalized spacial score (nSPS) is 15.5.